The normalized spacial score (nSPS) is 11.3. The van der Waals surface area contributed by atoms with Gasteiger partial charge >= 0.3 is 0 Å². The third-order valence-electron chi connectivity index (χ3n) is 3.32. The molecule has 0 bridgehead atoms. The van der Waals surface area contributed by atoms with E-state index in [1.165, 1.54) is 0 Å². The monoisotopic (exact) mass is 253 g/mol. The number of pyridine rings is 2. The van der Waals surface area contributed by atoms with Gasteiger partial charge in [0.2, 0.25) is 0 Å². The number of nitrogens with zero attached hydrogens (tertiary/aromatic N) is 2. The Bertz CT molecular complexity index is 768. The number of aryl methyl sites for hydroxylation is 1. The largest absolute Gasteiger partial charge is 0.396 e. The molecule has 0 fully saturated rings. The van der Waals surface area contributed by atoms with Gasteiger partial charge in [0.1, 0.15) is 5.52 Å². The highest BCUT2D eigenvalue weighted by Gasteiger charge is 2.11. The minimum Gasteiger partial charge on any atom is -0.396 e. The van der Waals surface area contributed by atoms with Crippen LogP contribution in [0.5, 0.6) is 0 Å². The van der Waals surface area contributed by atoms with Crippen molar-refractivity contribution in [3.8, 4) is 0 Å². The summed E-state index contributed by atoms with van der Waals surface area (Å²) in [6.45, 7) is 2.13. The molecule has 3 rings (SSSR count). The molecule has 1 aromatic carbocycles. The van der Waals surface area contributed by atoms with Crippen molar-refractivity contribution < 1.29 is 5.11 Å². The predicted molar refractivity (Wildman–Crippen MR) is 77.0 cm³/mol. The first-order valence-corrected chi connectivity index (χ1v) is 6.25. The lowest BCUT2D eigenvalue weighted by Gasteiger charge is -2.10. The Hall–Kier alpha value is -2.20. The third kappa shape index (κ3) is 1.90. The van der Waals surface area contributed by atoms with E-state index >= 15 is 0 Å². The minimum atomic E-state index is 0.106. The molecular formula is C15H15N3O. The first kappa shape index (κ1) is 11.9. The summed E-state index contributed by atoms with van der Waals surface area (Å²) in [7, 11) is 0. The van der Waals surface area contributed by atoms with Gasteiger partial charge in [0.15, 0.2) is 5.82 Å². The van der Waals surface area contributed by atoms with E-state index in [1.54, 1.807) is 6.20 Å². The highest BCUT2D eigenvalue weighted by Crippen LogP contribution is 2.29. The zero-order valence-corrected chi connectivity index (χ0v) is 10.7. The van der Waals surface area contributed by atoms with Gasteiger partial charge in [-0.05, 0) is 36.6 Å². The first-order chi connectivity index (χ1) is 9.20. The summed E-state index contributed by atoms with van der Waals surface area (Å²) in [4.78, 5) is 8.75. The van der Waals surface area contributed by atoms with Crippen LogP contribution in [0.25, 0.3) is 21.8 Å². The molecular weight excluding hydrogens is 238 g/mol. The van der Waals surface area contributed by atoms with Gasteiger partial charge in [0.05, 0.1) is 5.52 Å². The summed E-state index contributed by atoms with van der Waals surface area (Å²) in [5.74, 6) is 0.438. The number of hydrogen-bond acceptors (Lipinski definition) is 4. The maximum Gasteiger partial charge on any atom is 0.150 e. The Kier molecular flexibility index (Phi) is 2.80. The van der Waals surface area contributed by atoms with Crippen LogP contribution in [0.4, 0.5) is 5.82 Å². The van der Waals surface area contributed by atoms with E-state index in [9.17, 15) is 5.11 Å². The molecule has 0 amide bonds. The number of benzene rings is 1. The van der Waals surface area contributed by atoms with Gasteiger partial charge < -0.3 is 10.8 Å². The third-order valence-corrected chi connectivity index (χ3v) is 3.32. The van der Waals surface area contributed by atoms with Crippen molar-refractivity contribution in [2.45, 2.75) is 13.3 Å². The molecule has 0 spiro atoms. The zero-order valence-electron chi connectivity index (χ0n) is 10.7. The van der Waals surface area contributed by atoms with Crippen LogP contribution in [0.15, 0.2) is 30.5 Å². The molecule has 3 aromatic rings. The summed E-state index contributed by atoms with van der Waals surface area (Å²) >= 11 is 0. The van der Waals surface area contributed by atoms with Crippen molar-refractivity contribution >= 4 is 27.6 Å². The molecule has 0 aliphatic heterocycles. The van der Waals surface area contributed by atoms with Crippen LogP contribution in [-0.4, -0.2) is 21.7 Å². The maximum atomic E-state index is 9.20. The minimum absolute atomic E-state index is 0.106. The van der Waals surface area contributed by atoms with E-state index in [4.69, 9.17) is 5.73 Å². The van der Waals surface area contributed by atoms with Crippen LogP contribution in [0.2, 0.25) is 0 Å². The number of aliphatic hydroxyl groups excluding tert-OH is 1. The number of fused-ring (bicyclic) bond motifs is 3. The number of rotatable bonds is 2. The van der Waals surface area contributed by atoms with Crippen LogP contribution in [0.1, 0.15) is 11.1 Å². The summed E-state index contributed by atoms with van der Waals surface area (Å²) in [5.41, 5.74) is 9.78. The lowest BCUT2D eigenvalue weighted by atomic mass is 10.0. The Morgan fingerprint density at radius 3 is 2.89 bits per heavy atom. The van der Waals surface area contributed by atoms with Gasteiger partial charge in [-0.25, -0.2) is 4.98 Å². The number of aliphatic hydroxyl groups is 1. The van der Waals surface area contributed by atoms with Gasteiger partial charge in [0.25, 0.3) is 0 Å². The van der Waals surface area contributed by atoms with Crippen LogP contribution >= 0.6 is 0 Å². The summed E-state index contributed by atoms with van der Waals surface area (Å²) < 4.78 is 0. The van der Waals surface area contributed by atoms with Gasteiger partial charge in [-0.3, -0.25) is 4.98 Å². The zero-order chi connectivity index (χ0) is 13.4. The quantitative estimate of drug-likeness (QED) is 0.687. The second-order valence-electron chi connectivity index (χ2n) is 4.68. The Morgan fingerprint density at radius 2 is 2.11 bits per heavy atom. The van der Waals surface area contributed by atoms with Gasteiger partial charge in [0, 0.05) is 23.6 Å². The predicted octanol–water partition coefficient (Wildman–Crippen LogP) is 2.21. The average Bonchev–Trinajstić information content (AvgIpc) is 2.39. The SMILES string of the molecule is Cc1ccc2c(c1)nc(N)c1nccc(CCO)c12. The second kappa shape index (κ2) is 4.48. The van der Waals surface area contributed by atoms with Gasteiger partial charge in [-0.15, -0.1) is 0 Å². The van der Waals surface area contributed by atoms with Crippen LogP contribution in [0.3, 0.4) is 0 Å². The number of anilines is 1. The first-order valence-electron chi connectivity index (χ1n) is 6.25. The Labute approximate surface area is 110 Å². The van der Waals surface area contributed by atoms with E-state index in [0.29, 0.717) is 17.8 Å². The van der Waals surface area contributed by atoms with Gasteiger partial charge in [-0.1, -0.05) is 12.1 Å². The summed E-state index contributed by atoms with van der Waals surface area (Å²) in [6, 6.07) is 8.04. The Balaban J connectivity index is 2.49. The van der Waals surface area contributed by atoms with Crippen molar-refractivity contribution in [2.24, 2.45) is 0 Å². The van der Waals surface area contributed by atoms with E-state index in [0.717, 1.165) is 27.4 Å². The summed E-state index contributed by atoms with van der Waals surface area (Å²) in [5, 5.41) is 11.2. The molecule has 2 heterocycles. The highest BCUT2D eigenvalue weighted by atomic mass is 16.2. The molecule has 0 atom stereocenters. The van der Waals surface area contributed by atoms with Crippen LogP contribution in [-0.2, 0) is 6.42 Å². The molecule has 0 unspecified atom stereocenters. The highest BCUT2D eigenvalue weighted by molar-refractivity contribution is 6.09. The molecule has 0 radical (unpaired) electrons. The molecule has 3 N–H and O–H groups in total. The van der Waals surface area contributed by atoms with Crippen LogP contribution < -0.4 is 5.73 Å². The number of nitrogen functional groups attached to an aromatic ring is 1. The summed E-state index contributed by atoms with van der Waals surface area (Å²) in [6.07, 6.45) is 2.30. The topological polar surface area (TPSA) is 72.0 Å². The number of hydrogen-bond donors (Lipinski definition) is 2. The second-order valence-corrected chi connectivity index (χ2v) is 4.68. The molecule has 0 saturated carbocycles. The fraction of sp³-hybridized carbons (Fsp3) is 0.200. The molecule has 2 aromatic heterocycles. The van der Waals surface area contributed by atoms with Gasteiger partial charge in [-0.2, -0.15) is 0 Å². The van der Waals surface area contributed by atoms with Crippen molar-refractivity contribution in [1.82, 2.24) is 9.97 Å². The fourth-order valence-corrected chi connectivity index (χ4v) is 2.45. The van der Waals surface area contributed by atoms with Crippen molar-refractivity contribution in [2.75, 3.05) is 12.3 Å². The molecule has 0 saturated heterocycles. The van der Waals surface area contributed by atoms with E-state index < -0.39 is 0 Å². The number of nitrogens with two attached hydrogens (primary N) is 1. The standard InChI is InChI=1S/C15H15N3O/c1-9-2-3-11-12(8-9)18-15(16)14-13(11)10(5-7-19)4-6-17-14/h2-4,6,8,19H,5,7H2,1H3,(H2,16,18). The van der Waals surface area contributed by atoms with E-state index in [2.05, 4.69) is 16.0 Å². The smallest absolute Gasteiger partial charge is 0.150 e. The molecule has 19 heavy (non-hydrogen) atoms. The molecule has 4 nitrogen and oxygen atoms in total. The van der Waals surface area contributed by atoms with Crippen molar-refractivity contribution in [3.63, 3.8) is 0 Å². The molecule has 96 valence electrons. The molecule has 0 aliphatic rings. The maximum absolute atomic E-state index is 9.20. The average molecular weight is 253 g/mol. The van der Waals surface area contributed by atoms with E-state index in [-0.39, 0.29) is 6.61 Å². The lowest BCUT2D eigenvalue weighted by Crippen LogP contribution is -1.99. The Morgan fingerprint density at radius 1 is 1.26 bits per heavy atom. The fourth-order valence-electron chi connectivity index (χ4n) is 2.45. The number of aromatic nitrogens is 2. The lowest BCUT2D eigenvalue weighted by molar-refractivity contribution is 0.300. The van der Waals surface area contributed by atoms with Crippen molar-refractivity contribution in [1.29, 1.82) is 0 Å². The van der Waals surface area contributed by atoms with E-state index in [1.807, 2.05) is 25.1 Å². The van der Waals surface area contributed by atoms with Crippen LogP contribution in [0, 0.1) is 6.92 Å². The van der Waals surface area contributed by atoms with Crippen molar-refractivity contribution in [3.05, 3.63) is 41.6 Å². The molecule has 0 aliphatic carbocycles. The molecule has 4 heteroatoms.